The zero-order chi connectivity index (χ0) is 21.7. The Morgan fingerprint density at radius 3 is 2.45 bits per heavy atom. The molecular formula is C23H20FN5O2. The number of fused-ring (bicyclic) bond motifs is 3. The number of hydrogen-bond acceptors (Lipinski definition) is 3. The summed E-state index contributed by atoms with van der Waals surface area (Å²) in [6.45, 7) is 2.08. The third-order valence-corrected chi connectivity index (χ3v) is 5.59. The van der Waals surface area contributed by atoms with Crippen molar-refractivity contribution in [2.75, 3.05) is 0 Å². The quantitative estimate of drug-likeness (QED) is 0.452. The van der Waals surface area contributed by atoms with Crippen molar-refractivity contribution in [1.29, 1.82) is 0 Å². The lowest BCUT2D eigenvalue weighted by Crippen LogP contribution is -2.39. The van der Waals surface area contributed by atoms with Crippen molar-refractivity contribution in [3.05, 3.63) is 98.7 Å². The number of nitrogens with zero attached hydrogens (tertiary/aromatic N) is 5. The van der Waals surface area contributed by atoms with Gasteiger partial charge in [-0.1, -0.05) is 42.5 Å². The first-order chi connectivity index (χ1) is 15.0. The van der Waals surface area contributed by atoms with Gasteiger partial charge >= 0.3 is 5.69 Å². The molecule has 0 N–H and O–H groups in total. The summed E-state index contributed by atoms with van der Waals surface area (Å²) in [4.78, 5) is 30.8. The van der Waals surface area contributed by atoms with Crippen molar-refractivity contribution in [2.24, 2.45) is 7.05 Å². The number of halogens is 1. The number of imidazole rings is 2. The Balaban J connectivity index is 1.74. The third kappa shape index (κ3) is 2.91. The minimum atomic E-state index is -0.427. The minimum absolute atomic E-state index is 0.256. The summed E-state index contributed by atoms with van der Waals surface area (Å²) in [5, 5.41) is 0. The van der Waals surface area contributed by atoms with E-state index in [1.54, 1.807) is 40.4 Å². The summed E-state index contributed by atoms with van der Waals surface area (Å²) in [6.07, 6.45) is 2.29. The van der Waals surface area contributed by atoms with E-state index in [1.165, 1.54) is 15.2 Å². The van der Waals surface area contributed by atoms with Crippen LogP contribution in [0.1, 0.15) is 11.3 Å². The molecular weight excluding hydrogens is 397 g/mol. The van der Waals surface area contributed by atoms with Gasteiger partial charge in [0.25, 0.3) is 5.56 Å². The summed E-state index contributed by atoms with van der Waals surface area (Å²) in [7, 11) is 1.59. The van der Waals surface area contributed by atoms with Gasteiger partial charge in [0.2, 0.25) is 5.78 Å². The summed E-state index contributed by atoms with van der Waals surface area (Å²) < 4.78 is 20.4. The molecule has 0 aliphatic rings. The van der Waals surface area contributed by atoms with Gasteiger partial charge in [0.15, 0.2) is 11.2 Å². The maximum absolute atomic E-state index is 14.5. The van der Waals surface area contributed by atoms with Crippen LogP contribution in [0.2, 0.25) is 0 Å². The Labute approximate surface area is 176 Å². The zero-order valence-corrected chi connectivity index (χ0v) is 17.1. The van der Waals surface area contributed by atoms with Crippen LogP contribution in [-0.2, 0) is 20.0 Å². The molecule has 3 heterocycles. The third-order valence-electron chi connectivity index (χ3n) is 5.59. The molecule has 0 aliphatic heterocycles. The molecule has 0 saturated carbocycles. The first-order valence-corrected chi connectivity index (χ1v) is 9.96. The molecule has 2 aromatic carbocycles. The molecule has 7 nitrogen and oxygen atoms in total. The standard InChI is InChI=1S/C23H20FN5O2/c1-15-14-28-19-20(25-22(28)29(15)18-11-7-6-10-17(18)24)26(2)23(31)27(21(19)30)13-12-16-8-4-3-5-9-16/h3-11,14H,12-13H2,1-2H3. The van der Waals surface area contributed by atoms with Crippen LogP contribution >= 0.6 is 0 Å². The fraction of sp³-hybridized carbons (Fsp3) is 0.174. The van der Waals surface area contributed by atoms with E-state index in [9.17, 15) is 14.0 Å². The van der Waals surface area contributed by atoms with Crippen LogP contribution in [0.25, 0.3) is 22.6 Å². The highest BCUT2D eigenvalue weighted by Gasteiger charge is 2.21. The van der Waals surface area contributed by atoms with Crippen LogP contribution in [0.15, 0.2) is 70.4 Å². The highest BCUT2D eigenvalue weighted by atomic mass is 19.1. The molecule has 0 saturated heterocycles. The average molecular weight is 417 g/mol. The number of benzene rings is 2. The van der Waals surface area contributed by atoms with Gasteiger partial charge in [-0.25, -0.2) is 9.18 Å². The molecule has 0 bridgehead atoms. The molecule has 0 aliphatic carbocycles. The van der Waals surface area contributed by atoms with Crippen molar-refractivity contribution in [3.63, 3.8) is 0 Å². The van der Waals surface area contributed by atoms with Gasteiger partial charge in [-0.3, -0.25) is 22.9 Å². The van der Waals surface area contributed by atoms with Crippen molar-refractivity contribution >= 4 is 16.9 Å². The van der Waals surface area contributed by atoms with E-state index in [0.29, 0.717) is 23.4 Å². The van der Waals surface area contributed by atoms with Crippen molar-refractivity contribution in [3.8, 4) is 5.69 Å². The molecule has 0 spiro atoms. The molecule has 5 aromatic rings. The van der Waals surface area contributed by atoms with Crippen LogP contribution in [0.4, 0.5) is 4.39 Å². The number of hydrogen-bond donors (Lipinski definition) is 0. The highest BCUT2D eigenvalue weighted by molar-refractivity contribution is 5.76. The monoisotopic (exact) mass is 417 g/mol. The SMILES string of the molecule is Cc1cn2c3c(=O)n(CCc4ccccc4)c(=O)n(C)c3nc2n1-c1ccccc1F. The lowest BCUT2D eigenvalue weighted by atomic mass is 10.1. The van der Waals surface area contributed by atoms with Crippen LogP contribution in [0.5, 0.6) is 0 Å². The molecule has 5 rings (SSSR count). The van der Waals surface area contributed by atoms with Gasteiger partial charge in [-0.05, 0) is 31.0 Å². The molecule has 0 unspecified atom stereocenters. The lowest BCUT2D eigenvalue weighted by Gasteiger charge is -2.08. The van der Waals surface area contributed by atoms with E-state index in [-0.39, 0.29) is 12.2 Å². The van der Waals surface area contributed by atoms with Crippen LogP contribution in [-0.4, -0.2) is 23.1 Å². The summed E-state index contributed by atoms with van der Waals surface area (Å²) in [5.41, 5.74) is 1.82. The van der Waals surface area contributed by atoms with Crippen molar-refractivity contribution in [2.45, 2.75) is 19.9 Å². The molecule has 0 radical (unpaired) electrons. The number of aryl methyl sites for hydroxylation is 3. The molecule has 0 fully saturated rings. The van der Waals surface area contributed by atoms with Gasteiger partial charge in [0.05, 0.1) is 5.69 Å². The first-order valence-electron chi connectivity index (χ1n) is 9.96. The maximum Gasteiger partial charge on any atom is 0.332 e. The number of rotatable bonds is 4. The predicted octanol–water partition coefficient (Wildman–Crippen LogP) is 2.83. The predicted molar refractivity (Wildman–Crippen MR) is 116 cm³/mol. The Hall–Kier alpha value is -3.94. The fourth-order valence-electron chi connectivity index (χ4n) is 4.02. The van der Waals surface area contributed by atoms with Gasteiger partial charge in [0, 0.05) is 25.5 Å². The number of para-hydroxylation sites is 1. The second kappa shape index (κ2) is 7.09. The van der Waals surface area contributed by atoms with E-state index in [2.05, 4.69) is 4.98 Å². The molecule has 0 amide bonds. The summed E-state index contributed by atoms with van der Waals surface area (Å²) in [6, 6.07) is 16.1. The van der Waals surface area contributed by atoms with Crippen molar-refractivity contribution in [1.82, 2.24) is 23.1 Å². The highest BCUT2D eigenvalue weighted by Crippen LogP contribution is 2.22. The summed E-state index contributed by atoms with van der Waals surface area (Å²) >= 11 is 0. The lowest BCUT2D eigenvalue weighted by molar-refractivity contribution is 0.602. The molecule has 3 aromatic heterocycles. The van der Waals surface area contributed by atoms with E-state index >= 15 is 0 Å². The second-order valence-corrected chi connectivity index (χ2v) is 7.55. The van der Waals surface area contributed by atoms with E-state index < -0.39 is 17.1 Å². The van der Waals surface area contributed by atoms with Crippen molar-refractivity contribution < 1.29 is 4.39 Å². The summed E-state index contributed by atoms with van der Waals surface area (Å²) in [5.74, 6) is -0.0181. The smallest absolute Gasteiger partial charge is 0.280 e. The topological polar surface area (TPSA) is 66.2 Å². The fourth-order valence-corrected chi connectivity index (χ4v) is 4.02. The zero-order valence-electron chi connectivity index (χ0n) is 17.1. The van der Waals surface area contributed by atoms with Gasteiger partial charge in [-0.15, -0.1) is 0 Å². The van der Waals surface area contributed by atoms with E-state index in [0.717, 1.165) is 11.3 Å². The Bertz CT molecular complexity index is 1560. The van der Waals surface area contributed by atoms with Gasteiger partial charge < -0.3 is 0 Å². The number of aromatic nitrogens is 5. The van der Waals surface area contributed by atoms with E-state index in [4.69, 9.17) is 0 Å². The van der Waals surface area contributed by atoms with E-state index in [1.807, 2.05) is 37.3 Å². The Kier molecular flexibility index (Phi) is 4.35. The molecule has 156 valence electrons. The maximum atomic E-state index is 14.5. The second-order valence-electron chi connectivity index (χ2n) is 7.55. The van der Waals surface area contributed by atoms with Crippen LogP contribution in [0.3, 0.4) is 0 Å². The average Bonchev–Trinajstić information content (AvgIpc) is 3.28. The van der Waals surface area contributed by atoms with Crippen LogP contribution in [0, 0.1) is 12.7 Å². The van der Waals surface area contributed by atoms with Crippen LogP contribution < -0.4 is 11.2 Å². The largest absolute Gasteiger partial charge is 0.332 e. The Morgan fingerprint density at radius 1 is 1.00 bits per heavy atom. The van der Waals surface area contributed by atoms with Gasteiger partial charge in [-0.2, -0.15) is 4.98 Å². The Morgan fingerprint density at radius 2 is 1.71 bits per heavy atom. The molecule has 0 atom stereocenters. The first kappa shape index (κ1) is 19.0. The van der Waals surface area contributed by atoms with Gasteiger partial charge in [0.1, 0.15) is 5.82 Å². The minimum Gasteiger partial charge on any atom is -0.280 e. The molecule has 8 heteroatoms. The molecule has 31 heavy (non-hydrogen) atoms. The normalized spacial score (nSPS) is 11.6.